The highest BCUT2D eigenvalue weighted by Crippen LogP contribution is 2.27. The summed E-state index contributed by atoms with van der Waals surface area (Å²) < 4.78 is 6.91. The Hall–Kier alpha value is -2.11. The van der Waals surface area contributed by atoms with E-state index in [2.05, 4.69) is 0 Å². The number of nitrogens with zero attached hydrogens (tertiary/aromatic N) is 2. The molecule has 2 heterocycles. The van der Waals surface area contributed by atoms with Gasteiger partial charge in [0.05, 0.1) is 0 Å². The van der Waals surface area contributed by atoms with Gasteiger partial charge in [0.15, 0.2) is 0 Å². The molecule has 6 nitrogen and oxygen atoms in total. The zero-order chi connectivity index (χ0) is 18.1. The van der Waals surface area contributed by atoms with Gasteiger partial charge < -0.3 is 14.2 Å². The van der Waals surface area contributed by atoms with Gasteiger partial charge in [-0.05, 0) is 45.6 Å². The molecule has 0 N–H and O–H groups in total. The van der Waals surface area contributed by atoms with Crippen molar-refractivity contribution in [1.82, 2.24) is 9.47 Å². The lowest BCUT2D eigenvalue weighted by atomic mass is 9.90. The van der Waals surface area contributed by atoms with Crippen LogP contribution in [-0.2, 0) is 16.6 Å². The molecule has 1 saturated heterocycles. The zero-order valence-corrected chi connectivity index (χ0v) is 15.0. The van der Waals surface area contributed by atoms with Crippen LogP contribution in [0.25, 0.3) is 0 Å². The maximum absolute atomic E-state index is 12.9. The largest absolute Gasteiger partial charge is 0.458 e. The van der Waals surface area contributed by atoms with Gasteiger partial charge in [-0.1, -0.05) is 6.92 Å². The molecule has 0 saturated carbocycles. The molecule has 6 heteroatoms. The third-order valence-corrected chi connectivity index (χ3v) is 4.19. The molecule has 132 valence electrons. The predicted octanol–water partition coefficient (Wildman–Crippen LogP) is 1.97. The number of hydrogen-bond donors (Lipinski definition) is 0. The Morgan fingerprint density at radius 1 is 1.29 bits per heavy atom. The normalized spacial score (nSPS) is 21.5. The van der Waals surface area contributed by atoms with Gasteiger partial charge in [0, 0.05) is 31.4 Å². The van der Waals surface area contributed by atoms with Gasteiger partial charge >= 0.3 is 5.97 Å². The minimum atomic E-state index is -0.616. The number of esters is 1. The summed E-state index contributed by atoms with van der Waals surface area (Å²) in [5.74, 6) is -0.661. The van der Waals surface area contributed by atoms with Crippen molar-refractivity contribution in [3.63, 3.8) is 0 Å². The van der Waals surface area contributed by atoms with Crippen molar-refractivity contribution < 1.29 is 14.3 Å². The molecule has 1 aromatic rings. The highest BCUT2D eigenvalue weighted by atomic mass is 16.6. The number of carbonyl (C=O) groups is 2. The van der Waals surface area contributed by atoms with Crippen molar-refractivity contribution in [2.75, 3.05) is 6.54 Å². The van der Waals surface area contributed by atoms with E-state index >= 15 is 0 Å². The fraction of sp³-hybridized carbons (Fsp3) is 0.611. The van der Waals surface area contributed by atoms with Crippen molar-refractivity contribution in [2.45, 2.75) is 52.2 Å². The molecule has 1 fully saturated rings. The molecule has 0 radical (unpaired) electrons. The maximum Gasteiger partial charge on any atom is 0.329 e. The van der Waals surface area contributed by atoms with Gasteiger partial charge in [-0.15, -0.1) is 0 Å². The zero-order valence-electron chi connectivity index (χ0n) is 15.0. The van der Waals surface area contributed by atoms with Crippen molar-refractivity contribution in [3.05, 3.63) is 34.2 Å². The Morgan fingerprint density at radius 3 is 2.54 bits per heavy atom. The summed E-state index contributed by atoms with van der Waals surface area (Å²) in [5, 5.41) is 0. The molecule has 1 aromatic heterocycles. The first-order valence-corrected chi connectivity index (χ1v) is 8.30. The topological polar surface area (TPSA) is 68.6 Å². The third-order valence-electron chi connectivity index (χ3n) is 4.19. The number of pyridine rings is 1. The second-order valence-corrected chi connectivity index (χ2v) is 7.46. The molecule has 0 unspecified atom stereocenters. The highest BCUT2D eigenvalue weighted by molar-refractivity contribution is 5.97. The summed E-state index contributed by atoms with van der Waals surface area (Å²) in [7, 11) is 1.63. The lowest BCUT2D eigenvalue weighted by Crippen LogP contribution is -2.53. The molecule has 0 aromatic carbocycles. The molecule has 2 atom stereocenters. The van der Waals surface area contributed by atoms with Crippen LogP contribution in [0.5, 0.6) is 0 Å². The lowest BCUT2D eigenvalue weighted by Gasteiger charge is -2.39. The Bertz CT molecular complexity index is 687. The maximum atomic E-state index is 12.9. The minimum Gasteiger partial charge on any atom is -0.458 e. The molecule has 0 aliphatic carbocycles. The van der Waals surface area contributed by atoms with Crippen LogP contribution < -0.4 is 5.56 Å². The quantitative estimate of drug-likeness (QED) is 0.776. The number of amides is 1. The first-order valence-electron chi connectivity index (χ1n) is 8.30. The Labute approximate surface area is 142 Å². The van der Waals surface area contributed by atoms with Crippen LogP contribution in [0.3, 0.4) is 0 Å². The summed E-state index contributed by atoms with van der Waals surface area (Å²) in [4.78, 5) is 38.8. The lowest BCUT2D eigenvalue weighted by molar-refractivity contribution is -0.163. The van der Waals surface area contributed by atoms with E-state index < -0.39 is 11.6 Å². The molecule has 2 rings (SSSR count). The van der Waals surface area contributed by atoms with E-state index in [1.165, 1.54) is 10.6 Å². The fourth-order valence-corrected chi connectivity index (χ4v) is 2.98. The molecule has 0 bridgehead atoms. The standard InChI is InChI=1S/C18H26N2O4/c1-12-7-6-9-20(15(12)17(23)24-18(2,3)4)16(22)13-8-10-19(5)14(21)11-13/h8,10-12,15H,6-7,9H2,1-5H3/t12-,15+/m1/s1. The monoisotopic (exact) mass is 334 g/mol. The number of carbonyl (C=O) groups excluding carboxylic acids is 2. The van der Waals surface area contributed by atoms with Crippen molar-refractivity contribution in [3.8, 4) is 0 Å². The summed E-state index contributed by atoms with van der Waals surface area (Å²) in [6.45, 7) is 7.88. The van der Waals surface area contributed by atoms with Gasteiger partial charge in [-0.2, -0.15) is 0 Å². The van der Waals surface area contributed by atoms with Crippen LogP contribution in [0.2, 0.25) is 0 Å². The van der Waals surface area contributed by atoms with E-state index in [-0.39, 0.29) is 23.4 Å². The number of ether oxygens (including phenoxy) is 1. The van der Waals surface area contributed by atoms with E-state index in [4.69, 9.17) is 4.74 Å². The molecule has 24 heavy (non-hydrogen) atoms. The van der Waals surface area contributed by atoms with Crippen molar-refractivity contribution >= 4 is 11.9 Å². The Morgan fingerprint density at radius 2 is 1.96 bits per heavy atom. The van der Waals surface area contributed by atoms with Crippen LogP contribution in [0.1, 0.15) is 50.9 Å². The average Bonchev–Trinajstić information content (AvgIpc) is 2.47. The summed E-state index contributed by atoms with van der Waals surface area (Å²) in [6.07, 6.45) is 3.26. The van der Waals surface area contributed by atoms with Gasteiger partial charge in [-0.25, -0.2) is 4.79 Å². The van der Waals surface area contributed by atoms with Gasteiger partial charge in [0.1, 0.15) is 11.6 Å². The second kappa shape index (κ2) is 6.79. The first kappa shape index (κ1) is 18.2. The van der Waals surface area contributed by atoms with Gasteiger partial charge in [0.25, 0.3) is 11.5 Å². The summed E-state index contributed by atoms with van der Waals surface area (Å²) in [5.41, 5.74) is -0.549. The number of piperidine rings is 1. The van der Waals surface area contributed by atoms with Crippen molar-refractivity contribution in [1.29, 1.82) is 0 Å². The van der Waals surface area contributed by atoms with Crippen LogP contribution in [0, 0.1) is 5.92 Å². The van der Waals surface area contributed by atoms with Crippen LogP contribution in [0.4, 0.5) is 0 Å². The highest BCUT2D eigenvalue weighted by Gasteiger charge is 2.39. The Kier molecular flexibility index (Phi) is 5.16. The second-order valence-electron chi connectivity index (χ2n) is 7.46. The molecule has 1 amide bonds. The molecular weight excluding hydrogens is 308 g/mol. The van der Waals surface area contributed by atoms with E-state index in [1.54, 1.807) is 24.2 Å². The summed E-state index contributed by atoms with van der Waals surface area (Å²) in [6, 6.07) is 2.30. The smallest absolute Gasteiger partial charge is 0.329 e. The number of aryl methyl sites for hydroxylation is 1. The molecule has 0 spiro atoms. The fourth-order valence-electron chi connectivity index (χ4n) is 2.98. The van der Waals surface area contributed by atoms with E-state index in [9.17, 15) is 14.4 Å². The molecular formula is C18H26N2O4. The van der Waals surface area contributed by atoms with E-state index in [1.807, 2.05) is 27.7 Å². The SMILES string of the molecule is C[C@@H]1CCCN(C(=O)c2ccn(C)c(=O)c2)[C@@H]1C(=O)OC(C)(C)C. The number of likely N-dealkylation sites (tertiary alicyclic amines) is 1. The van der Waals surface area contributed by atoms with E-state index in [0.717, 1.165) is 12.8 Å². The Balaban J connectivity index is 2.30. The summed E-state index contributed by atoms with van der Waals surface area (Å²) >= 11 is 0. The molecule has 1 aliphatic heterocycles. The predicted molar refractivity (Wildman–Crippen MR) is 90.8 cm³/mol. The van der Waals surface area contributed by atoms with Crippen LogP contribution >= 0.6 is 0 Å². The minimum absolute atomic E-state index is 0.0177. The first-order chi connectivity index (χ1) is 11.1. The molecule has 1 aliphatic rings. The van der Waals surface area contributed by atoms with E-state index in [0.29, 0.717) is 12.1 Å². The van der Waals surface area contributed by atoms with Gasteiger partial charge in [0.2, 0.25) is 0 Å². The van der Waals surface area contributed by atoms with Crippen LogP contribution in [0.15, 0.2) is 23.1 Å². The third kappa shape index (κ3) is 4.04. The number of hydrogen-bond acceptors (Lipinski definition) is 4. The number of aromatic nitrogens is 1. The van der Waals surface area contributed by atoms with Gasteiger partial charge in [-0.3, -0.25) is 9.59 Å². The van der Waals surface area contributed by atoms with Crippen LogP contribution in [-0.4, -0.2) is 39.5 Å². The number of rotatable bonds is 2. The average molecular weight is 334 g/mol. The van der Waals surface area contributed by atoms with Crippen molar-refractivity contribution in [2.24, 2.45) is 13.0 Å².